The lowest BCUT2D eigenvalue weighted by Crippen LogP contribution is -2.34. The highest BCUT2D eigenvalue weighted by Gasteiger charge is 2.23. The molecule has 2 aromatic heterocycles. The minimum atomic E-state index is -0.684. The minimum absolute atomic E-state index is 0.324. The van der Waals surface area contributed by atoms with Gasteiger partial charge >= 0.3 is 11.8 Å². The van der Waals surface area contributed by atoms with Crippen molar-refractivity contribution < 1.29 is 9.53 Å². The lowest BCUT2D eigenvalue weighted by Gasteiger charge is -2.19. The smallest absolute Gasteiger partial charge is 0.423 e. The molecule has 0 fully saturated rings. The van der Waals surface area contributed by atoms with Gasteiger partial charge in [-0.25, -0.2) is 9.59 Å². The number of aryl methyl sites for hydroxylation is 1. The SMILES string of the molecule is Cc1ccc(C=CCn2c(=O)n(C(=O)OC(C)(C)C)c3ccccc32)nc1. The van der Waals surface area contributed by atoms with Crippen LogP contribution in [0.5, 0.6) is 0 Å². The summed E-state index contributed by atoms with van der Waals surface area (Å²) in [6.45, 7) is 7.61. The predicted octanol–water partition coefficient (Wildman–Crippen LogP) is 4.00. The molecule has 27 heavy (non-hydrogen) atoms. The molecule has 3 aromatic rings. The summed E-state index contributed by atoms with van der Waals surface area (Å²) in [4.78, 5) is 29.7. The standard InChI is InChI=1S/C21H23N3O3/c1-15-11-12-16(22-14-15)8-7-13-23-17-9-5-6-10-18(17)24(19(23)25)20(26)27-21(2,3)4/h5-12,14H,13H2,1-4H3. The average molecular weight is 365 g/mol. The zero-order valence-electron chi connectivity index (χ0n) is 16.0. The van der Waals surface area contributed by atoms with Crippen LogP contribution in [0.1, 0.15) is 32.0 Å². The molecule has 3 rings (SSSR count). The molecule has 6 nitrogen and oxygen atoms in total. The maximum absolute atomic E-state index is 12.9. The van der Waals surface area contributed by atoms with E-state index in [2.05, 4.69) is 4.98 Å². The van der Waals surface area contributed by atoms with E-state index in [1.807, 2.05) is 43.3 Å². The normalized spacial score (nSPS) is 12.0. The number of rotatable bonds is 3. The van der Waals surface area contributed by atoms with Crippen LogP contribution in [0.4, 0.5) is 4.79 Å². The predicted molar refractivity (Wildman–Crippen MR) is 106 cm³/mol. The van der Waals surface area contributed by atoms with Crippen molar-refractivity contribution in [3.05, 3.63) is 70.4 Å². The van der Waals surface area contributed by atoms with Crippen LogP contribution in [0, 0.1) is 6.92 Å². The lowest BCUT2D eigenvalue weighted by molar-refractivity contribution is 0.0537. The summed E-state index contributed by atoms with van der Waals surface area (Å²) in [5, 5.41) is 0. The van der Waals surface area contributed by atoms with E-state index < -0.39 is 17.4 Å². The number of allylic oxidation sites excluding steroid dienone is 1. The molecule has 0 radical (unpaired) electrons. The molecule has 0 aliphatic rings. The summed E-state index contributed by atoms with van der Waals surface area (Å²) in [5.74, 6) is 0. The zero-order chi connectivity index (χ0) is 19.6. The van der Waals surface area contributed by atoms with Crippen LogP contribution in [0.25, 0.3) is 17.1 Å². The van der Waals surface area contributed by atoms with E-state index in [0.29, 0.717) is 17.6 Å². The van der Waals surface area contributed by atoms with E-state index in [1.165, 1.54) is 0 Å². The molecule has 140 valence electrons. The summed E-state index contributed by atoms with van der Waals surface area (Å²) in [6, 6.07) is 11.1. The number of carbonyl (C=O) groups is 1. The van der Waals surface area contributed by atoms with Gasteiger partial charge in [-0.05, 0) is 57.5 Å². The number of fused-ring (bicyclic) bond motifs is 1. The minimum Gasteiger partial charge on any atom is -0.443 e. The zero-order valence-corrected chi connectivity index (χ0v) is 16.0. The number of carbonyl (C=O) groups excluding carboxylic acids is 1. The van der Waals surface area contributed by atoms with E-state index in [9.17, 15) is 9.59 Å². The molecule has 0 atom stereocenters. The first-order valence-electron chi connectivity index (χ1n) is 8.79. The van der Waals surface area contributed by atoms with Crippen molar-refractivity contribution in [1.29, 1.82) is 0 Å². The molecule has 6 heteroatoms. The molecule has 0 amide bonds. The number of ether oxygens (including phenoxy) is 1. The van der Waals surface area contributed by atoms with Gasteiger partial charge in [-0.15, -0.1) is 0 Å². The Morgan fingerprint density at radius 1 is 1.15 bits per heavy atom. The third-order valence-electron chi connectivity index (χ3n) is 3.92. The molecule has 0 saturated carbocycles. The van der Waals surface area contributed by atoms with Crippen molar-refractivity contribution in [2.45, 2.75) is 39.8 Å². The highest BCUT2D eigenvalue weighted by Crippen LogP contribution is 2.16. The summed E-state index contributed by atoms with van der Waals surface area (Å²) in [6.07, 6.45) is 4.82. The molecule has 0 spiro atoms. The number of hydrogen-bond donors (Lipinski definition) is 0. The van der Waals surface area contributed by atoms with Crippen LogP contribution in [-0.4, -0.2) is 25.8 Å². The molecule has 0 saturated heterocycles. The molecule has 0 aliphatic heterocycles. The summed E-state index contributed by atoms with van der Waals surface area (Å²) in [5.41, 5.74) is 1.99. The molecular formula is C21H23N3O3. The van der Waals surface area contributed by atoms with Gasteiger partial charge in [-0.2, -0.15) is 4.57 Å². The van der Waals surface area contributed by atoms with Crippen LogP contribution in [0.3, 0.4) is 0 Å². The first-order valence-corrected chi connectivity index (χ1v) is 8.79. The summed E-state index contributed by atoms with van der Waals surface area (Å²) in [7, 11) is 0. The van der Waals surface area contributed by atoms with E-state index in [0.717, 1.165) is 15.8 Å². The Labute approximate surface area is 157 Å². The molecule has 1 aromatic carbocycles. The first-order chi connectivity index (χ1) is 12.8. The maximum atomic E-state index is 12.9. The van der Waals surface area contributed by atoms with Gasteiger partial charge in [0.25, 0.3) is 0 Å². The topological polar surface area (TPSA) is 66.1 Å². The van der Waals surface area contributed by atoms with Gasteiger partial charge < -0.3 is 4.74 Å². The third-order valence-corrected chi connectivity index (χ3v) is 3.92. The second-order valence-corrected chi connectivity index (χ2v) is 7.36. The van der Waals surface area contributed by atoms with Gasteiger partial charge in [0, 0.05) is 12.7 Å². The molecular weight excluding hydrogens is 342 g/mol. The number of pyridine rings is 1. The van der Waals surface area contributed by atoms with Crippen molar-refractivity contribution in [2.75, 3.05) is 0 Å². The van der Waals surface area contributed by atoms with Crippen molar-refractivity contribution in [3.63, 3.8) is 0 Å². The molecule has 0 aliphatic carbocycles. The molecule has 0 unspecified atom stereocenters. The second kappa shape index (κ2) is 7.23. The quantitative estimate of drug-likeness (QED) is 0.703. The monoisotopic (exact) mass is 365 g/mol. The van der Waals surface area contributed by atoms with E-state index in [-0.39, 0.29) is 0 Å². The number of nitrogens with zero attached hydrogens (tertiary/aromatic N) is 3. The Kier molecular flexibility index (Phi) is 4.99. The van der Waals surface area contributed by atoms with E-state index >= 15 is 0 Å². The Balaban J connectivity index is 1.96. The first kappa shape index (κ1) is 18.6. The molecule has 0 N–H and O–H groups in total. The van der Waals surface area contributed by atoms with Crippen molar-refractivity contribution in [3.8, 4) is 0 Å². The van der Waals surface area contributed by atoms with Crippen LogP contribution >= 0.6 is 0 Å². The van der Waals surface area contributed by atoms with Crippen LogP contribution in [0.15, 0.2) is 53.5 Å². The Morgan fingerprint density at radius 3 is 2.48 bits per heavy atom. The number of imidazole rings is 1. The fraction of sp³-hybridized carbons (Fsp3) is 0.286. The number of benzene rings is 1. The Morgan fingerprint density at radius 2 is 1.85 bits per heavy atom. The highest BCUT2D eigenvalue weighted by atomic mass is 16.6. The van der Waals surface area contributed by atoms with Gasteiger partial charge in [-0.3, -0.25) is 9.55 Å². The molecule has 2 heterocycles. The summed E-state index contributed by atoms with van der Waals surface area (Å²) < 4.78 is 8.02. The molecule has 0 bridgehead atoms. The van der Waals surface area contributed by atoms with Gasteiger partial charge in [-0.1, -0.05) is 24.3 Å². The van der Waals surface area contributed by atoms with Crippen LogP contribution < -0.4 is 5.69 Å². The number of para-hydroxylation sites is 2. The third kappa shape index (κ3) is 4.16. The average Bonchev–Trinajstić information content (AvgIpc) is 2.87. The van der Waals surface area contributed by atoms with Crippen LogP contribution in [0.2, 0.25) is 0 Å². The van der Waals surface area contributed by atoms with Crippen molar-refractivity contribution >= 4 is 23.2 Å². The van der Waals surface area contributed by atoms with Gasteiger partial charge in [0.15, 0.2) is 0 Å². The lowest BCUT2D eigenvalue weighted by atomic mass is 10.2. The van der Waals surface area contributed by atoms with E-state index in [1.54, 1.807) is 43.7 Å². The Bertz CT molecular complexity index is 1050. The van der Waals surface area contributed by atoms with Crippen molar-refractivity contribution in [1.82, 2.24) is 14.1 Å². The Hall–Kier alpha value is -3.15. The van der Waals surface area contributed by atoms with Crippen LogP contribution in [-0.2, 0) is 11.3 Å². The number of hydrogen-bond acceptors (Lipinski definition) is 4. The fourth-order valence-electron chi connectivity index (χ4n) is 2.73. The fourth-order valence-corrected chi connectivity index (χ4v) is 2.73. The largest absolute Gasteiger partial charge is 0.443 e. The summed E-state index contributed by atoms with van der Waals surface area (Å²) >= 11 is 0. The van der Waals surface area contributed by atoms with Gasteiger partial charge in [0.2, 0.25) is 0 Å². The van der Waals surface area contributed by atoms with Crippen molar-refractivity contribution in [2.24, 2.45) is 0 Å². The van der Waals surface area contributed by atoms with Gasteiger partial charge in [0.1, 0.15) is 5.60 Å². The second-order valence-electron chi connectivity index (χ2n) is 7.36. The highest BCUT2D eigenvalue weighted by molar-refractivity contribution is 5.87. The maximum Gasteiger partial charge on any atom is 0.423 e. The van der Waals surface area contributed by atoms with E-state index in [4.69, 9.17) is 4.74 Å². The van der Waals surface area contributed by atoms with Gasteiger partial charge in [0.05, 0.1) is 16.7 Å². The number of aromatic nitrogens is 3.